The van der Waals surface area contributed by atoms with Gasteiger partial charge in [0.15, 0.2) is 0 Å². The normalized spacial score (nSPS) is 15.9. The number of hydrogen-bond acceptors (Lipinski definition) is 5. The minimum absolute atomic E-state index is 0.0368. The molecule has 1 fully saturated rings. The summed E-state index contributed by atoms with van der Waals surface area (Å²) >= 11 is 0. The number of methoxy groups -OCH3 is 1. The number of furan rings is 1. The van der Waals surface area contributed by atoms with Gasteiger partial charge in [0, 0.05) is 26.2 Å². The van der Waals surface area contributed by atoms with Crippen LogP contribution in [0.25, 0.3) is 0 Å². The second-order valence-electron chi connectivity index (χ2n) is 4.83. The predicted molar refractivity (Wildman–Crippen MR) is 74.9 cm³/mol. The Labute approximate surface area is 120 Å². The average Bonchev–Trinajstić information content (AvgIpc) is 3.12. The summed E-state index contributed by atoms with van der Waals surface area (Å²) in [7, 11) is -1.85. The van der Waals surface area contributed by atoms with E-state index >= 15 is 0 Å². The van der Waals surface area contributed by atoms with Crippen molar-refractivity contribution in [2.24, 2.45) is 0 Å². The fourth-order valence-electron chi connectivity index (χ4n) is 2.08. The van der Waals surface area contributed by atoms with Crippen molar-refractivity contribution < 1.29 is 17.6 Å². The maximum absolute atomic E-state index is 12.4. The molecule has 0 amide bonds. The van der Waals surface area contributed by atoms with Crippen molar-refractivity contribution in [1.82, 2.24) is 9.62 Å². The summed E-state index contributed by atoms with van der Waals surface area (Å²) in [5.41, 5.74) is 0. The van der Waals surface area contributed by atoms with Crippen LogP contribution in [0, 0.1) is 0 Å². The second-order valence-corrected chi connectivity index (χ2v) is 6.65. The van der Waals surface area contributed by atoms with Crippen molar-refractivity contribution in [3.05, 3.63) is 17.9 Å². The Hall–Kier alpha value is -0.890. The Bertz CT molecular complexity index is 522. The van der Waals surface area contributed by atoms with Crippen LogP contribution >= 0.6 is 0 Å². The Morgan fingerprint density at radius 2 is 2.20 bits per heavy atom. The zero-order valence-corrected chi connectivity index (χ0v) is 12.8. The van der Waals surface area contributed by atoms with E-state index in [0.717, 1.165) is 12.8 Å². The molecule has 1 aliphatic rings. The standard InChI is InChI=1S/C13H22N2O4S/c1-3-15(11-4-5-11)20(16,17)13-7-6-12(19-13)10-14-8-9-18-2/h6-7,11,14H,3-5,8-10H2,1-2H3. The Kier molecular flexibility index (Phi) is 5.20. The first-order valence-corrected chi connectivity index (χ1v) is 8.33. The van der Waals surface area contributed by atoms with Crippen LogP contribution in [0.5, 0.6) is 0 Å². The molecule has 114 valence electrons. The third kappa shape index (κ3) is 3.60. The monoisotopic (exact) mass is 302 g/mol. The molecule has 0 aliphatic heterocycles. The van der Waals surface area contributed by atoms with Crippen LogP contribution in [0.1, 0.15) is 25.5 Å². The molecule has 0 saturated heterocycles. The highest BCUT2D eigenvalue weighted by atomic mass is 32.2. The quantitative estimate of drug-likeness (QED) is 0.694. The van der Waals surface area contributed by atoms with E-state index < -0.39 is 10.0 Å². The molecule has 1 N–H and O–H groups in total. The highest BCUT2D eigenvalue weighted by Gasteiger charge is 2.38. The number of rotatable bonds is 9. The minimum atomic E-state index is -3.49. The lowest BCUT2D eigenvalue weighted by Crippen LogP contribution is -2.32. The maximum Gasteiger partial charge on any atom is 0.276 e. The lowest BCUT2D eigenvalue weighted by molar-refractivity contribution is 0.198. The van der Waals surface area contributed by atoms with Gasteiger partial charge in [-0.1, -0.05) is 6.92 Å². The van der Waals surface area contributed by atoms with Gasteiger partial charge in [-0.2, -0.15) is 4.31 Å². The van der Waals surface area contributed by atoms with Crippen molar-refractivity contribution in [2.75, 3.05) is 26.8 Å². The molecule has 0 atom stereocenters. The number of hydrogen-bond donors (Lipinski definition) is 1. The van der Waals surface area contributed by atoms with Gasteiger partial charge >= 0.3 is 0 Å². The van der Waals surface area contributed by atoms with Crippen LogP contribution < -0.4 is 5.32 Å². The lowest BCUT2D eigenvalue weighted by atomic mass is 10.4. The van der Waals surface area contributed by atoms with Gasteiger partial charge in [-0.3, -0.25) is 0 Å². The smallest absolute Gasteiger partial charge is 0.276 e. The molecule has 1 heterocycles. The van der Waals surface area contributed by atoms with Crippen molar-refractivity contribution in [2.45, 2.75) is 37.4 Å². The molecule has 0 radical (unpaired) electrons. The molecule has 0 unspecified atom stereocenters. The fourth-order valence-corrected chi connectivity index (χ4v) is 3.71. The zero-order chi connectivity index (χ0) is 14.6. The summed E-state index contributed by atoms with van der Waals surface area (Å²) in [6, 6.07) is 3.39. The van der Waals surface area contributed by atoms with E-state index in [9.17, 15) is 8.42 Å². The highest BCUT2D eigenvalue weighted by molar-refractivity contribution is 7.89. The van der Waals surface area contributed by atoms with Crippen LogP contribution in [0.4, 0.5) is 0 Å². The van der Waals surface area contributed by atoms with E-state index in [1.807, 2.05) is 6.92 Å². The van der Waals surface area contributed by atoms with E-state index in [1.54, 1.807) is 13.2 Å². The van der Waals surface area contributed by atoms with E-state index in [1.165, 1.54) is 10.4 Å². The SMILES string of the molecule is CCN(C1CC1)S(=O)(=O)c1ccc(CNCCOC)o1. The summed E-state index contributed by atoms with van der Waals surface area (Å²) < 4.78 is 36.8. The van der Waals surface area contributed by atoms with E-state index in [4.69, 9.17) is 9.15 Å². The van der Waals surface area contributed by atoms with Crippen LogP contribution in [0.2, 0.25) is 0 Å². The third-order valence-corrected chi connectivity index (χ3v) is 5.15. The molecule has 0 bridgehead atoms. The molecule has 1 aromatic rings. The van der Waals surface area contributed by atoms with Gasteiger partial charge in [-0.05, 0) is 25.0 Å². The summed E-state index contributed by atoms with van der Waals surface area (Å²) in [6.45, 7) is 4.13. The van der Waals surface area contributed by atoms with E-state index in [0.29, 0.717) is 32.0 Å². The molecule has 1 aromatic heterocycles. The highest BCUT2D eigenvalue weighted by Crippen LogP contribution is 2.32. The van der Waals surface area contributed by atoms with Crippen LogP contribution in [0.3, 0.4) is 0 Å². The molecule has 1 aliphatic carbocycles. The van der Waals surface area contributed by atoms with Gasteiger partial charge in [-0.25, -0.2) is 8.42 Å². The molecule has 6 nitrogen and oxygen atoms in total. The summed E-state index contributed by atoms with van der Waals surface area (Å²) in [5.74, 6) is 0.617. The molecular weight excluding hydrogens is 280 g/mol. The summed E-state index contributed by atoms with van der Waals surface area (Å²) in [4.78, 5) is 0. The Morgan fingerprint density at radius 3 is 2.80 bits per heavy atom. The molecule has 2 rings (SSSR count). The molecule has 7 heteroatoms. The zero-order valence-electron chi connectivity index (χ0n) is 12.0. The average molecular weight is 302 g/mol. The molecule has 20 heavy (non-hydrogen) atoms. The van der Waals surface area contributed by atoms with Crippen LogP contribution in [-0.4, -0.2) is 45.6 Å². The van der Waals surface area contributed by atoms with Crippen molar-refractivity contribution in [3.63, 3.8) is 0 Å². The number of nitrogens with one attached hydrogen (secondary N) is 1. The number of sulfonamides is 1. The van der Waals surface area contributed by atoms with Crippen molar-refractivity contribution >= 4 is 10.0 Å². The van der Waals surface area contributed by atoms with Gasteiger partial charge in [0.1, 0.15) is 5.76 Å². The lowest BCUT2D eigenvalue weighted by Gasteiger charge is -2.17. The molecule has 0 spiro atoms. The molecule has 1 saturated carbocycles. The Morgan fingerprint density at radius 1 is 1.45 bits per heavy atom. The number of nitrogens with zero attached hydrogens (tertiary/aromatic N) is 1. The molecule has 0 aromatic carbocycles. The van der Waals surface area contributed by atoms with Gasteiger partial charge in [0.05, 0.1) is 13.2 Å². The van der Waals surface area contributed by atoms with Crippen molar-refractivity contribution in [1.29, 1.82) is 0 Å². The summed E-state index contributed by atoms with van der Waals surface area (Å²) in [6.07, 6.45) is 1.89. The van der Waals surface area contributed by atoms with Gasteiger partial charge in [-0.15, -0.1) is 0 Å². The number of ether oxygens (including phenoxy) is 1. The first-order valence-electron chi connectivity index (χ1n) is 6.89. The first-order chi connectivity index (χ1) is 9.59. The van der Waals surface area contributed by atoms with Gasteiger partial charge in [0.2, 0.25) is 5.09 Å². The minimum Gasteiger partial charge on any atom is -0.447 e. The largest absolute Gasteiger partial charge is 0.447 e. The Balaban J connectivity index is 1.99. The predicted octanol–water partition coefficient (Wildman–Crippen LogP) is 1.19. The van der Waals surface area contributed by atoms with E-state index in [2.05, 4.69) is 5.32 Å². The van der Waals surface area contributed by atoms with E-state index in [-0.39, 0.29) is 11.1 Å². The first kappa shape index (κ1) is 15.5. The maximum atomic E-state index is 12.4. The van der Waals surface area contributed by atoms with Crippen molar-refractivity contribution in [3.8, 4) is 0 Å². The topological polar surface area (TPSA) is 71.8 Å². The van der Waals surface area contributed by atoms with Gasteiger partial charge in [0.25, 0.3) is 10.0 Å². The fraction of sp³-hybridized carbons (Fsp3) is 0.692. The second kappa shape index (κ2) is 6.71. The van der Waals surface area contributed by atoms with Crippen LogP contribution in [0.15, 0.2) is 21.6 Å². The summed E-state index contributed by atoms with van der Waals surface area (Å²) in [5, 5.41) is 3.16. The van der Waals surface area contributed by atoms with Gasteiger partial charge < -0.3 is 14.5 Å². The molecular formula is C13H22N2O4S. The third-order valence-electron chi connectivity index (χ3n) is 3.25. The van der Waals surface area contributed by atoms with Crippen LogP contribution in [-0.2, 0) is 21.3 Å².